The molecule has 1 N–H and O–H groups in total. The van der Waals surface area contributed by atoms with E-state index in [1.165, 1.54) is 0 Å². The van der Waals surface area contributed by atoms with Gasteiger partial charge in [-0.25, -0.2) is 14.8 Å². The van der Waals surface area contributed by atoms with Gasteiger partial charge in [0.25, 0.3) is 0 Å². The molecule has 0 fully saturated rings. The lowest BCUT2D eigenvalue weighted by Gasteiger charge is -2.08. The third-order valence-electron chi connectivity index (χ3n) is 2.69. The second kappa shape index (κ2) is 5.00. The van der Waals surface area contributed by atoms with Crippen LogP contribution in [-0.4, -0.2) is 25.6 Å². The van der Waals surface area contributed by atoms with E-state index in [1.54, 1.807) is 29.1 Å². The summed E-state index contributed by atoms with van der Waals surface area (Å²) in [5.74, 6) is 0.453. The number of aryl methyl sites for hydroxylation is 2. The van der Waals surface area contributed by atoms with Crippen molar-refractivity contribution in [1.82, 2.24) is 14.5 Å². The van der Waals surface area contributed by atoms with Crippen LogP contribution in [0.25, 0.3) is 5.82 Å². The largest absolute Gasteiger partial charge is 0.478 e. The van der Waals surface area contributed by atoms with Gasteiger partial charge in [0.2, 0.25) is 0 Å². The fraction of sp³-hybridized carbons (Fsp3) is 0.308. The molecule has 0 atom stereocenters. The van der Waals surface area contributed by atoms with Gasteiger partial charge in [0.15, 0.2) is 0 Å². The van der Waals surface area contributed by atoms with E-state index in [-0.39, 0.29) is 5.56 Å². The van der Waals surface area contributed by atoms with Crippen LogP contribution >= 0.6 is 0 Å². The molecule has 0 saturated heterocycles. The van der Waals surface area contributed by atoms with Gasteiger partial charge in [0.05, 0.1) is 5.56 Å². The van der Waals surface area contributed by atoms with Gasteiger partial charge in [0.1, 0.15) is 11.6 Å². The van der Waals surface area contributed by atoms with E-state index >= 15 is 0 Å². The minimum absolute atomic E-state index is 0.261. The second-order valence-corrected chi connectivity index (χ2v) is 4.10. The summed E-state index contributed by atoms with van der Waals surface area (Å²) in [7, 11) is 0. The summed E-state index contributed by atoms with van der Waals surface area (Å²) in [5, 5.41) is 9.12. The molecule has 0 unspecified atom stereocenters. The minimum atomic E-state index is -0.936. The van der Waals surface area contributed by atoms with Crippen molar-refractivity contribution >= 4 is 5.97 Å². The Morgan fingerprint density at radius 3 is 2.78 bits per heavy atom. The average Bonchev–Trinajstić information content (AvgIpc) is 2.75. The van der Waals surface area contributed by atoms with Crippen LogP contribution in [0.15, 0.2) is 24.5 Å². The van der Waals surface area contributed by atoms with Gasteiger partial charge in [-0.05, 0) is 25.5 Å². The zero-order chi connectivity index (χ0) is 13.1. The molecule has 0 aliphatic rings. The number of aromatic nitrogens is 3. The van der Waals surface area contributed by atoms with E-state index in [9.17, 15) is 4.79 Å². The lowest BCUT2D eigenvalue weighted by Crippen LogP contribution is -2.06. The van der Waals surface area contributed by atoms with Gasteiger partial charge >= 0.3 is 5.97 Å². The molecule has 2 heterocycles. The van der Waals surface area contributed by atoms with Gasteiger partial charge in [-0.3, -0.25) is 4.57 Å². The molecule has 0 aromatic carbocycles. The molecule has 0 radical (unpaired) electrons. The smallest absolute Gasteiger partial charge is 0.335 e. The number of carbonyl (C=O) groups is 1. The molecule has 0 spiro atoms. The zero-order valence-corrected chi connectivity index (χ0v) is 10.4. The normalized spacial score (nSPS) is 10.6. The highest BCUT2D eigenvalue weighted by molar-refractivity contribution is 5.88. The molecule has 0 saturated carbocycles. The molecule has 2 aromatic rings. The molecule has 0 aliphatic carbocycles. The van der Waals surface area contributed by atoms with Gasteiger partial charge in [0, 0.05) is 18.1 Å². The molecule has 2 aromatic heterocycles. The first-order valence-electron chi connectivity index (χ1n) is 5.86. The van der Waals surface area contributed by atoms with Crippen LogP contribution in [0, 0.1) is 6.92 Å². The number of rotatable bonds is 4. The lowest BCUT2D eigenvalue weighted by atomic mass is 10.1. The van der Waals surface area contributed by atoms with E-state index in [0.717, 1.165) is 24.4 Å². The fourth-order valence-corrected chi connectivity index (χ4v) is 1.82. The summed E-state index contributed by atoms with van der Waals surface area (Å²) in [6.07, 6.45) is 5.14. The number of carboxylic acids is 1. The van der Waals surface area contributed by atoms with Crippen molar-refractivity contribution in [2.24, 2.45) is 0 Å². The maximum Gasteiger partial charge on any atom is 0.335 e. The molecular formula is C13H15N3O2. The summed E-state index contributed by atoms with van der Waals surface area (Å²) in [6.45, 7) is 3.89. The first-order valence-corrected chi connectivity index (χ1v) is 5.86. The summed E-state index contributed by atoms with van der Waals surface area (Å²) >= 11 is 0. The van der Waals surface area contributed by atoms with Crippen LogP contribution in [0.5, 0.6) is 0 Å². The van der Waals surface area contributed by atoms with Crippen molar-refractivity contribution in [3.8, 4) is 5.82 Å². The molecular weight excluding hydrogens is 230 g/mol. The second-order valence-electron chi connectivity index (χ2n) is 4.10. The van der Waals surface area contributed by atoms with Crippen molar-refractivity contribution in [3.05, 3.63) is 41.6 Å². The van der Waals surface area contributed by atoms with Gasteiger partial charge in [-0.15, -0.1) is 0 Å². The van der Waals surface area contributed by atoms with Crippen LogP contribution in [0.3, 0.4) is 0 Å². The SMILES string of the molecule is CCCc1cc(C(=O)O)cc(-n2ccnc2C)n1. The highest BCUT2D eigenvalue weighted by atomic mass is 16.4. The first-order chi connectivity index (χ1) is 8.61. The number of pyridine rings is 1. The van der Waals surface area contributed by atoms with Crippen LogP contribution in [0.1, 0.15) is 35.2 Å². The molecule has 94 valence electrons. The van der Waals surface area contributed by atoms with Crippen molar-refractivity contribution in [3.63, 3.8) is 0 Å². The summed E-state index contributed by atoms with van der Waals surface area (Å²) in [6, 6.07) is 3.19. The summed E-state index contributed by atoms with van der Waals surface area (Å²) < 4.78 is 1.78. The Labute approximate surface area is 105 Å². The van der Waals surface area contributed by atoms with Crippen LogP contribution in [0.4, 0.5) is 0 Å². The van der Waals surface area contributed by atoms with Crippen molar-refractivity contribution in [1.29, 1.82) is 0 Å². The Morgan fingerprint density at radius 2 is 2.22 bits per heavy atom. The third kappa shape index (κ3) is 2.40. The van der Waals surface area contributed by atoms with Gasteiger partial charge in [-0.1, -0.05) is 13.3 Å². The highest BCUT2D eigenvalue weighted by Gasteiger charge is 2.10. The molecule has 18 heavy (non-hydrogen) atoms. The Morgan fingerprint density at radius 1 is 1.44 bits per heavy atom. The van der Waals surface area contributed by atoms with E-state index < -0.39 is 5.97 Å². The molecule has 0 amide bonds. The number of hydrogen-bond donors (Lipinski definition) is 1. The van der Waals surface area contributed by atoms with E-state index in [0.29, 0.717) is 5.82 Å². The summed E-state index contributed by atoms with van der Waals surface area (Å²) in [5.41, 5.74) is 1.05. The number of hydrogen-bond acceptors (Lipinski definition) is 3. The number of nitrogens with zero attached hydrogens (tertiary/aromatic N) is 3. The Balaban J connectivity index is 2.53. The number of imidazole rings is 1. The van der Waals surface area contributed by atoms with Gasteiger partial charge < -0.3 is 5.11 Å². The lowest BCUT2D eigenvalue weighted by molar-refractivity contribution is 0.0696. The van der Waals surface area contributed by atoms with Crippen molar-refractivity contribution < 1.29 is 9.90 Å². The average molecular weight is 245 g/mol. The third-order valence-corrected chi connectivity index (χ3v) is 2.69. The molecule has 0 aliphatic heterocycles. The van der Waals surface area contributed by atoms with Crippen LogP contribution in [0.2, 0.25) is 0 Å². The number of aromatic carboxylic acids is 1. The maximum absolute atomic E-state index is 11.1. The quantitative estimate of drug-likeness (QED) is 0.896. The zero-order valence-electron chi connectivity index (χ0n) is 10.4. The van der Waals surface area contributed by atoms with Crippen LogP contribution < -0.4 is 0 Å². The first kappa shape index (κ1) is 12.3. The standard InChI is InChI=1S/C13H15N3O2/c1-3-4-11-7-10(13(17)18)8-12(15-11)16-6-5-14-9(16)2/h5-8H,3-4H2,1-2H3,(H,17,18). The minimum Gasteiger partial charge on any atom is -0.478 e. The maximum atomic E-state index is 11.1. The van der Waals surface area contributed by atoms with Crippen LogP contribution in [-0.2, 0) is 6.42 Å². The van der Waals surface area contributed by atoms with E-state index in [1.807, 2.05) is 13.8 Å². The fourth-order valence-electron chi connectivity index (χ4n) is 1.82. The van der Waals surface area contributed by atoms with Crippen molar-refractivity contribution in [2.75, 3.05) is 0 Å². The van der Waals surface area contributed by atoms with E-state index in [2.05, 4.69) is 9.97 Å². The monoisotopic (exact) mass is 245 g/mol. The van der Waals surface area contributed by atoms with E-state index in [4.69, 9.17) is 5.11 Å². The predicted octanol–water partition coefficient (Wildman–Crippen LogP) is 2.23. The van der Waals surface area contributed by atoms with Gasteiger partial charge in [-0.2, -0.15) is 0 Å². The molecule has 5 nitrogen and oxygen atoms in total. The molecule has 0 bridgehead atoms. The Hall–Kier alpha value is -2.17. The highest BCUT2D eigenvalue weighted by Crippen LogP contribution is 2.13. The Bertz CT molecular complexity index is 575. The predicted molar refractivity (Wildman–Crippen MR) is 67.1 cm³/mol. The Kier molecular flexibility index (Phi) is 3.41. The number of carboxylic acid groups (broad SMARTS) is 1. The molecule has 2 rings (SSSR count). The summed E-state index contributed by atoms with van der Waals surface area (Å²) in [4.78, 5) is 19.7. The van der Waals surface area contributed by atoms with Crippen molar-refractivity contribution in [2.45, 2.75) is 26.7 Å². The molecule has 5 heteroatoms. The topological polar surface area (TPSA) is 68.0 Å².